The maximum Gasteiger partial charge on any atom is 0.248 e. The number of pyridine rings is 2. The highest BCUT2D eigenvalue weighted by molar-refractivity contribution is 7.18. The van der Waals surface area contributed by atoms with Gasteiger partial charge >= 0.3 is 0 Å². The van der Waals surface area contributed by atoms with Crippen LogP contribution in [0.5, 0.6) is 0 Å². The molecule has 0 bridgehead atoms. The SMILES string of the molecule is Cc1c([C@@H](O)C2CC(F)(F)C2)sc2nc(-c3cnc4nn(C)cc4c3)ccc12. The molecule has 0 spiro atoms. The molecule has 144 valence electrons. The van der Waals surface area contributed by atoms with Crippen LogP contribution in [0, 0.1) is 12.8 Å². The maximum absolute atomic E-state index is 13.2. The quantitative estimate of drug-likeness (QED) is 0.545. The highest BCUT2D eigenvalue weighted by atomic mass is 32.1. The Kier molecular flexibility index (Phi) is 3.79. The number of aromatic nitrogens is 4. The second-order valence-corrected chi connectivity index (χ2v) is 8.58. The lowest BCUT2D eigenvalue weighted by atomic mass is 9.77. The minimum Gasteiger partial charge on any atom is -0.387 e. The van der Waals surface area contributed by atoms with E-state index < -0.39 is 17.9 Å². The van der Waals surface area contributed by atoms with Gasteiger partial charge in [-0.3, -0.25) is 4.68 Å². The summed E-state index contributed by atoms with van der Waals surface area (Å²) >= 11 is 1.38. The largest absolute Gasteiger partial charge is 0.387 e. The van der Waals surface area contributed by atoms with Crippen molar-refractivity contribution in [1.29, 1.82) is 0 Å². The molecule has 0 amide bonds. The van der Waals surface area contributed by atoms with Crippen LogP contribution in [0.3, 0.4) is 0 Å². The van der Waals surface area contributed by atoms with Crippen LogP contribution in [0.15, 0.2) is 30.6 Å². The Morgan fingerprint density at radius 3 is 2.86 bits per heavy atom. The summed E-state index contributed by atoms with van der Waals surface area (Å²) in [6, 6.07) is 5.90. The van der Waals surface area contributed by atoms with Gasteiger partial charge in [0, 0.05) is 59.4 Å². The summed E-state index contributed by atoms with van der Waals surface area (Å²) in [5, 5.41) is 16.8. The summed E-state index contributed by atoms with van der Waals surface area (Å²) in [5.41, 5.74) is 3.27. The van der Waals surface area contributed by atoms with Crippen molar-refractivity contribution in [1.82, 2.24) is 19.7 Å². The number of thiophene rings is 1. The molecule has 1 fully saturated rings. The standard InChI is InChI=1S/C20H18F2N4OS/c1-10-14-3-4-15(11-5-12-9-26(2)25-18(12)23-8-11)24-19(14)28-17(10)16(27)13-6-20(21,22)7-13/h3-5,8-9,13,16,27H,6-7H2,1-2H3/t16-/m0/s1. The minimum atomic E-state index is -2.64. The van der Waals surface area contributed by atoms with E-state index in [0.29, 0.717) is 5.65 Å². The van der Waals surface area contributed by atoms with Crippen LogP contribution in [-0.4, -0.2) is 30.8 Å². The highest BCUT2D eigenvalue weighted by Crippen LogP contribution is 2.50. The topological polar surface area (TPSA) is 63.8 Å². The van der Waals surface area contributed by atoms with Crippen molar-refractivity contribution in [2.75, 3.05) is 0 Å². The van der Waals surface area contributed by atoms with Crippen molar-refractivity contribution in [3.05, 3.63) is 41.0 Å². The van der Waals surface area contributed by atoms with Crippen molar-refractivity contribution in [2.45, 2.75) is 31.8 Å². The Hall–Kier alpha value is -2.45. The van der Waals surface area contributed by atoms with E-state index in [-0.39, 0.29) is 12.8 Å². The molecule has 0 aliphatic heterocycles. The molecule has 0 saturated heterocycles. The first-order valence-corrected chi connectivity index (χ1v) is 9.88. The van der Waals surface area contributed by atoms with Gasteiger partial charge < -0.3 is 5.11 Å². The van der Waals surface area contributed by atoms with Gasteiger partial charge in [-0.15, -0.1) is 11.3 Å². The number of aliphatic hydroxyl groups excluding tert-OH is 1. The van der Waals surface area contributed by atoms with Crippen LogP contribution in [-0.2, 0) is 7.05 Å². The number of hydrogen-bond donors (Lipinski definition) is 1. The lowest BCUT2D eigenvalue weighted by molar-refractivity contribution is -0.141. The molecule has 4 aromatic heterocycles. The molecule has 1 aliphatic carbocycles. The van der Waals surface area contributed by atoms with Gasteiger partial charge in [-0.05, 0) is 30.7 Å². The molecule has 5 nitrogen and oxygen atoms in total. The predicted octanol–water partition coefficient (Wildman–Crippen LogP) is 4.63. The van der Waals surface area contributed by atoms with Gasteiger partial charge in [0.05, 0.1) is 11.8 Å². The van der Waals surface area contributed by atoms with Crippen molar-refractivity contribution in [3.8, 4) is 11.3 Å². The van der Waals surface area contributed by atoms with E-state index >= 15 is 0 Å². The third-order valence-corrected chi connectivity index (χ3v) is 6.72. The number of rotatable bonds is 3. The van der Waals surface area contributed by atoms with Gasteiger partial charge in [0.25, 0.3) is 0 Å². The monoisotopic (exact) mass is 400 g/mol. The zero-order valence-electron chi connectivity index (χ0n) is 15.4. The summed E-state index contributed by atoms with van der Waals surface area (Å²) < 4.78 is 28.1. The lowest BCUT2D eigenvalue weighted by Gasteiger charge is -2.37. The highest BCUT2D eigenvalue weighted by Gasteiger charge is 2.49. The summed E-state index contributed by atoms with van der Waals surface area (Å²) in [6.07, 6.45) is 2.28. The van der Waals surface area contributed by atoms with Gasteiger partial charge in [0.1, 0.15) is 4.83 Å². The number of hydrogen-bond acceptors (Lipinski definition) is 5. The lowest BCUT2D eigenvalue weighted by Crippen LogP contribution is -2.38. The molecule has 1 aliphatic rings. The predicted molar refractivity (Wildman–Crippen MR) is 104 cm³/mol. The second kappa shape index (κ2) is 6.02. The Balaban J connectivity index is 1.52. The van der Waals surface area contributed by atoms with Gasteiger partial charge in [0.15, 0.2) is 5.65 Å². The van der Waals surface area contributed by atoms with Crippen LogP contribution >= 0.6 is 11.3 Å². The van der Waals surface area contributed by atoms with Crippen LogP contribution in [0.25, 0.3) is 32.5 Å². The molecule has 0 radical (unpaired) electrons. The molecule has 5 rings (SSSR count). The van der Waals surface area contributed by atoms with Crippen LogP contribution in [0.2, 0.25) is 0 Å². The fourth-order valence-electron chi connectivity index (χ4n) is 3.88. The average molecular weight is 400 g/mol. The second-order valence-electron chi connectivity index (χ2n) is 7.55. The van der Waals surface area contributed by atoms with Crippen molar-refractivity contribution in [3.63, 3.8) is 0 Å². The molecule has 4 heterocycles. The van der Waals surface area contributed by atoms with E-state index in [9.17, 15) is 13.9 Å². The third kappa shape index (κ3) is 2.79. The fourth-order valence-corrected chi connectivity index (χ4v) is 5.14. The van der Waals surface area contributed by atoms with E-state index in [1.165, 1.54) is 11.3 Å². The van der Waals surface area contributed by atoms with E-state index in [2.05, 4.69) is 10.1 Å². The van der Waals surface area contributed by atoms with Gasteiger partial charge in [-0.1, -0.05) is 0 Å². The molecule has 28 heavy (non-hydrogen) atoms. The molecular formula is C20H18F2N4OS. The molecule has 0 aromatic carbocycles. The number of aliphatic hydroxyl groups is 1. The molecule has 1 N–H and O–H groups in total. The Morgan fingerprint density at radius 1 is 1.32 bits per heavy atom. The van der Waals surface area contributed by atoms with Gasteiger partial charge in [-0.25, -0.2) is 18.7 Å². The molecular weight excluding hydrogens is 382 g/mol. The fraction of sp³-hybridized carbons (Fsp3) is 0.350. The minimum absolute atomic E-state index is 0.253. The summed E-state index contributed by atoms with van der Waals surface area (Å²) in [4.78, 5) is 10.7. The number of halogens is 2. The number of fused-ring (bicyclic) bond motifs is 2. The number of aryl methyl sites for hydroxylation is 2. The summed E-state index contributed by atoms with van der Waals surface area (Å²) in [6.45, 7) is 1.92. The molecule has 0 unspecified atom stereocenters. The Morgan fingerprint density at radius 2 is 2.11 bits per heavy atom. The molecule has 1 saturated carbocycles. The van der Waals surface area contributed by atoms with Crippen molar-refractivity contribution in [2.24, 2.45) is 13.0 Å². The molecule has 8 heteroatoms. The normalized spacial score (nSPS) is 17.9. The Labute approximate surface area is 163 Å². The average Bonchev–Trinajstić information content (AvgIpc) is 3.17. The van der Waals surface area contributed by atoms with E-state index in [4.69, 9.17) is 4.98 Å². The van der Waals surface area contributed by atoms with E-state index in [1.807, 2.05) is 38.4 Å². The molecule has 4 aromatic rings. The van der Waals surface area contributed by atoms with Crippen LogP contribution < -0.4 is 0 Å². The van der Waals surface area contributed by atoms with Gasteiger partial charge in [-0.2, -0.15) is 5.10 Å². The smallest absolute Gasteiger partial charge is 0.248 e. The number of nitrogens with zero attached hydrogens (tertiary/aromatic N) is 4. The first-order valence-electron chi connectivity index (χ1n) is 9.06. The first kappa shape index (κ1) is 17.6. The summed E-state index contributed by atoms with van der Waals surface area (Å²) in [7, 11) is 1.85. The molecule has 1 atom stereocenters. The van der Waals surface area contributed by atoms with E-state index in [1.54, 1.807) is 10.9 Å². The van der Waals surface area contributed by atoms with Crippen molar-refractivity contribution >= 4 is 32.6 Å². The maximum atomic E-state index is 13.2. The van der Waals surface area contributed by atoms with Crippen LogP contribution in [0.4, 0.5) is 8.78 Å². The first-order chi connectivity index (χ1) is 13.3. The van der Waals surface area contributed by atoms with E-state index in [0.717, 1.165) is 37.3 Å². The Bertz CT molecular complexity index is 1210. The van der Waals surface area contributed by atoms with Gasteiger partial charge in [0.2, 0.25) is 5.92 Å². The van der Waals surface area contributed by atoms with Crippen molar-refractivity contribution < 1.29 is 13.9 Å². The zero-order chi connectivity index (χ0) is 19.6. The summed E-state index contributed by atoms with van der Waals surface area (Å²) in [5.74, 6) is -3.03. The third-order valence-electron chi connectivity index (χ3n) is 5.45. The van der Waals surface area contributed by atoms with Crippen LogP contribution in [0.1, 0.15) is 29.4 Å². The zero-order valence-corrected chi connectivity index (χ0v) is 16.2. The number of alkyl halides is 2.